The predicted octanol–water partition coefficient (Wildman–Crippen LogP) is 6.23. The molecule has 0 saturated carbocycles. The fourth-order valence-corrected chi connectivity index (χ4v) is 2.56. The molecule has 0 spiro atoms. The molecule has 0 aromatic heterocycles. The Morgan fingerprint density at radius 1 is 1.10 bits per heavy atom. The van der Waals surface area contributed by atoms with Crippen LogP contribution in [0.2, 0.25) is 0 Å². The van der Waals surface area contributed by atoms with Crippen molar-refractivity contribution >= 4 is 0 Å². The van der Waals surface area contributed by atoms with Crippen molar-refractivity contribution in [3.8, 4) is 5.75 Å². The lowest BCUT2D eigenvalue weighted by atomic mass is 9.83. The summed E-state index contributed by atoms with van der Waals surface area (Å²) in [5, 5.41) is 0. The van der Waals surface area contributed by atoms with Crippen molar-refractivity contribution in [3.63, 3.8) is 0 Å². The zero-order valence-electron chi connectivity index (χ0n) is 14.7. The molecule has 0 aliphatic carbocycles. The van der Waals surface area contributed by atoms with Crippen molar-refractivity contribution in [1.29, 1.82) is 0 Å². The summed E-state index contributed by atoms with van der Waals surface area (Å²) >= 11 is 0. The van der Waals surface area contributed by atoms with E-state index in [2.05, 4.69) is 71.9 Å². The predicted molar refractivity (Wildman–Crippen MR) is 93.4 cm³/mol. The lowest BCUT2D eigenvalue weighted by Gasteiger charge is -2.24. The van der Waals surface area contributed by atoms with E-state index in [0.717, 1.165) is 31.6 Å². The topological polar surface area (TPSA) is 9.23 Å². The van der Waals surface area contributed by atoms with E-state index in [1.807, 2.05) is 0 Å². The van der Waals surface area contributed by atoms with Crippen LogP contribution >= 0.6 is 0 Å². The van der Waals surface area contributed by atoms with E-state index < -0.39 is 0 Å². The van der Waals surface area contributed by atoms with Crippen LogP contribution in [-0.2, 0) is 5.41 Å². The van der Waals surface area contributed by atoms with Gasteiger partial charge in [-0.2, -0.15) is 0 Å². The molecule has 1 aromatic carbocycles. The Morgan fingerprint density at radius 3 is 2.33 bits per heavy atom. The molecule has 0 heterocycles. The number of benzene rings is 1. The maximum atomic E-state index is 5.87. The van der Waals surface area contributed by atoms with Gasteiger partial charge in [-0.25, -0.2) is 0 Å². The lowest BCUT2D eigenvalue weighted by molar-refractivity contribution is 0.333. The van der Waals surface area contributed by atoms with Crippen molar-refractivity contribution < 1.29 is 4.74 Å². The first-order chi connectivity index (χ1) is 9.93. The van der Waals surface area contributed by atoms with E-state index in [0.29, 0.717) is 5.92 Å². The maximum absolute atomic E-state index is 5.87. The molecule has 118 valence electrons. The minimum Gasteiger partial charge on any atom is -0.494 e. The van der Waals surface area contributed by atoms with Gasteiger partial charge in [0.25, 0.3) is 0 Å². The van der Waals surface area contributed by atoms with Gasteiger partial charge in [-0.1, -0.05) is 58.9 Å². The second-order valence-corrected chi connectivity index (χ2v) is 6.66. The van der Waals surface area contributed by atoms with Crippen LogP contribution < -0.4 is 4.74 Å². The quantitative estimate of drug-likeness (QED) is 0.540. The third kappa shape index (κ3) is 5.22. The third-order valence-electron chi connectivity index (χ3n) is 3.93. The summed E-state index contributed by atoms with van der Waals surface area (Å²) in [6.07, 6.45) is 7.92. The second kappa shape index (κ2) is 8.26. The largest absolute Gasteiger partial charge is 0.494 e. The van der Waals surface area contributed by atoms with E-state index in [1.54, 1.807) is 0 Å². The first kappa shape index (κ1) is 17.8. The summed E-state index contributed by atoms with van der Waals surface area (Å²) in [6, 6.07) is 6.73. The highest BCUT2D eigenvalue weighted by Gasteiger charge is 2.19. The number of rotatable bonds is 7. The van der Waals surface area contributed by atoms with E-state index >= 15 is 0 Å². The Morgan fingerprint density at radius 2 is 1.81 bits per heavy atom. The average molecular weight is 288 g/mol. The Bertz CT molecular complexity index is 451. The molecule has 0 aliphatic heterocycles. The van der Waals surface area contributed by atoms with Gasteiger partial charge in [-0.05, 0) is 54.7 Å². The smallest absolute Gasteiger partial charge is 0.122 e. The highest BCUT2D eigenvalue weighted by atomic mass is 16.5. The molecule has 0 fully saturated rings. The summed E-state index contributed by atoms with van der Waals surface area (Å²) in [4.78, 5) is 0. The van der Waals surface area contributed by atoms with Crippen LogP contribution in [0.25, 0.3) is 0 Å². The summed E-state index contributed by atoms with van der Waals surface area (Å²) < 4.78 is 5.87. The van der Waals surface area contributed by atoms with Crippen molar-refractivity contribution in [2.75, 3.05) is 6.61 Å². The van der Waals surface area contributed by atoms with Gasteiger partial charge in [0.15, 0.2) is 0 Å². The van der Waals surface area contributed by atoms with Crippen LogP contribution in [0, 0.1) is 0 Å². The molecule has 0 radical (unpaired) electrons. The molecule has 0 bridgehead atoms. The molecule has 1 rings (SSSR count). The van der Waals surface area contributed by atoms with Gasteiger partial charge in [0, 0.05) is 0 Å². The molecule has 1 heteroatoms. The van der Waals surface area contributed by atoms with Gasteiger partial charge < -0.3 is 4.74 Å². The Balaban J connectivity index is 3.16. The van der Waals surface area contributed by atoms with Crippen LogP contribution in [0.4, 0.5) is 0 Å². The molecule has 1 aromatic rings. The highest BCUT2D eigenvalue weighted by molar-refractivity contribution is 5.42. The lowest BCUT2D eigenvalue weighted by Crippen LogP contribution is -2.13. The van der Waals surface area contributed by atoms with E-state index in [-0.39, 0.29) is 5.41 Å². The fourth-order valence-electron chi connectivity index (χ4n) is 2.56. The molecule has 0 saturated heterocycles. The average Bonchev–Trinajstić information content (AvgIpc) is 2.44. The SMILES string of the molecule is CC/C=C\CC(CC)c1cc(C(C)(C)C)ccc1OCC. The van der Waals surface area contributed by atoms with Gasteiger partial charge in [0.05, 0.1) is 6.61 Å². The zero-order valence-corrected chi connectivity index (χ0v) is 14.7. The van der Waals surface area contributed by atoms with Crippen LogP contribution in [-0.4, -0.2) is 6.61 Å². The molecule has 0 N–H and O–H groups in total. The van der Waals surface area contributed by atoms with Crippen molar-refractivity contribution in [2.45, 2.75) is 72.1 Å². The molecule has 0 amide bonds. The van der Waals surface area contributed by atoms with Crippen LogP contribution in [0.5, 0.6) is 5.75 Å². The normalized spacial score (nSPS) is 13.6. The van der Waals surface area contributed by atoms with E-state index in [4.69, 9.17) is 4.74 Å². The van der Waals surface area contributed by atoms with Crippen molar-refractivity contribution in [1.82, 2.24) is 0 Å². The monoisotopic (exact) mass is 288 g/mol. The zero-order chi connectivity index (χ0) is 15.9. The molecular formula is C20H32O. The second-order valence-electron chi connectivity index (χ2n) is 6.66. The maximum Gasteiger partial charge on any atom is 0.122 e. The fraction of sp³-hybridized carbons (Fsp3) is 0.600. The van der Waals surface area contributed by atoms with Gasteiger partial charge >= 0.3 is 0 Å². The van der Waals surface area contributed by atoms with Gasteiger partial charge in [0.1, 0.15) is 5.75 Å². The first-order valence-electron chi connectivity index (χ1n) is 8.36. The number of hydrogen-bond donors (Lipinski definition) is 0. The van der Waals surface area contributed by atoms with Gasteiger partial charge in [-0.3, -0.25) is 0 Å². The number of hydrogen-bond acceptors (Lipinski definition) is 1. The molecule has 0 aliphatic rings. The standard InChI is InChI=1S/C20H32O/c1-7-10-11-12-16(8-2)18-15-17(20(4,5)6)13-14-19(18)21-9-3/h10-11,13-16H,7-9,12H2,1-6H3/b11-10-. The molecular weight excluding hydrogens is 256 g/mol. The number of ether oxygens (including phenoxy) is 1. The molecule has 1 unspecified atom stereocenters. The molecule has 1 nitrogen and oxygen atoms in total. The minimum atomic E-state index is 0.178. The van der Waals surface area contributed by atoms with Gasteiger partial charge in [0.2, 0.25) is 0 Å². The minimum absolute atomic E-state index is 0.178. The van der Waals surface area contributed by atoms with Crippen LogP contribution in [0.15, 0.2) is 30.4 Å². The summed E-state index contributed by atoms with van der Waals surface area (Å²) in [5.41, 5.74) is 2.93. The van der Waals surface area contributed by atoms with Crippen molar-refractivity contribution in [3.05, 3.63) is 41.5 Å². The Kier molecular flexibility index (Phi) is 7.01. The summed E-state index contributed by atoms with van der Waals surface area (Å²) in [6.45, 7) is 14.0. The number of allylic oxidation sites excluding steroid dienone is 2. The van der Waals surface area contributed by atoms with E-state index in [1.165, 1.54) is 11.1 Å². The molecule has 21 heavy (non-hydrogen) atoms. The van der Waals surface area contributed by atoms with Crippen LogP contribution in [0.1, 0.15) is 77.8 Å². The first-order valence-corrected chi connectivity index (χ1v) is 8.36. The van der Waals surface area contributed by atoms with Crippen molar-refractivity contribution in [2.24, 2.45) is 0 Å². The highest BCUT2D eigenvalue weighted by Crippen LogP contribution is 2.35. The Hall–Kier alpha value is -1.24. The van der Waals surface area contributed by atoms with Crippen LogP contribution in [0.3, 0.4) is 0 Å². The summed E-state index contributed by atoms with van der Waals surface area (Å²) in [7, 11) is 0. The summed E-state index contributed by atoms with van der Waals surface area (Å²) in [5.74, 6) is 1.60. The van der Waals surface area contributed by atoms with E-state index in [9.17, 15) is 0 Å². The van der Waals surface area contributed by atoms with Gasteiger partial charge in [-0.15, -0.1) is 0 Å². The third-order valence-corrected chi connectivity index (χ3v) is 3.93. The Labute approximate surface area is 131 Å². The molecule has 1 atom stereocenters.